The molecule has 1 atom stereocenters. The first-order valence-electron chi connectivity index (χ1n) is 9.10. The van der Waals surface area contributed by atoms with Crippen molar-refractivity contribution < 1.29 is 14.3 Å². The summed E-state index contributed by atoms with van der Waals surface area (Å²) in [4.78, 5) is 25.0. The normalized spacial score (nSPS) is 11.7. The first-order valence-corrected chi connectivity index (χ1v) is 10.1. The van der Waals surface area contributed by atoms with E-state index in [-0.39, 0.29) is 24.3 Å². The molecule has 2 aromatic carbocycles. The number of ether oxygens (including phenoxy) is 1. The number of esters is 1. The summed E-state index contributed by atoms with van der Waals surface area (Å²) in [7, 11) is 0. The number of hydrogen-bond acceptors (Lipinski definition) is 4. The quantitative estimate of drug-likeness (QED) is 0.536. The molecule has 0 aliphatic rings. The van der Waals surface area contributed by atoms with Crippen LogP contribution in [0.3, 0.4) is 0 Å². The van der Waals surface area contributed by atoms with Crippen molar-refractivity contribution in [2.75, 3.05) is 12.4 Å². The van der Waals surface area contributed by atoms with Crippen molar-refractivity contribution in [2.45, 2.75) is 45.1 Å². The summed E-state index contributed by atoms with van der Waals surface area (Å²) in [6, 6.07) is 14.1. The summed E-state index contributed by atoms with van der Waals surface area (Å²) in [5, 5.41) is 2.92. The Morgan fingerprint density at radius 2 is 1.74 bits per heavy atom. The maximum Gasteiger partial charge on any atom is 0.316 e. The largest absolute Gasteiger partial charge is 0.455 e. The number of aryl methyl sites for hydroxylation is 3. The molecule has 1 amide bonds. The Bertz CT molecular complexity index is 787. The summed E-state index contributed by atoms with van der Waals surface area (Å²) in [6.07, 6.45) is 0.769. The van der Waals surface area contributed by atoms with Gasteiger partial charge in [0.15, 0.2) is 6.61 Å². The zero-order valence-electron chi connectivity index (χ0n) is 16.4. The van der Waals surface area contributed by atoms with Gasteiger partial charge in [-0.25, -0.2) is 0 Å². The highest BCUT2D eigenvalue weighted by Gasteiger charge is 2.14. The summed E-state index contributed by atoms with van der Waals surface area (Å²) in [5.41, 5.74) is 4.63. The molecule has 0 unspecified atom stereocenters. The van der Waals surface area contributed by atoms with E-state index in [0.29, 0.717) is 0 Å². The van der Waals surface area contributed by atoms with Crippen LogP contribution in [-0.2, 0) is 14.3 Å². The monoisotopic (exact) mass is 385 g/mol. The van der Waals surface area contributed by atoms with Crippen molar-refractivity contribution in [3.05, 3.63) is 64.7 Å². The van der Waals surface area contributed by atoms with Crippen LogP contribution in [0.4, 0.5) is 0 Å². The Morgan fingerprint density at radius 1 is 1.04 bits per heavy atom. The zero-order valence-corrected chi connectivity index (χ0v) is 17.2. The topological polar surface area (TPSA) is 55.4 Å². The van der Waals surface area contributed by atoms with Gasteiger partial charge < -0.3 is 10.1 Å². The lowest BCUT2D eigenvalue weighted by molar-refractivity contribution is -0.146. The number of carbonyl (C=O) groups excluding carboxylic acids is 2. The fourth-order valence-electron chi connectivity index (χ4n) is 2.59. The highest BCUT2D eigenvalue weighted by Crippen LogP contribution is 2.21. The van der Waals surface area contributed by atoms with E-state index in [4.69, 9.17) is 4.74 Å². The van der Waals surface area contributed by atoms with Crippen LogP contribution in [0.1, 0.15) is 41.6 Å². The van der Waals surface area contributed by atoms with Crippen LogP contribution in [0.2, 0.25) is 0 Å². The van der Waals surface area contributed by atoms with Gasteiger partial charge in [0.05, 0.1) is 11.8 Å². The molecule has 27 heavy (non-hydrogen) atoms. The lowest BCUT2D eigenvalue weighted by Gasteiger charge is -2.17. The molecule has 2 aromatic rings. The predicted octanol–water partition coefficient (Wildman–Crippen LogP) is 4.51. The first kappa shape index (κ1) is 21.0. The second kappa shape index (κ2) is 10.2. The third-order valence-corrected chi connectivity index (χ3v) is 5.39. The van der Waals surface area contributed by atoms with Gasteiger partial charge in [-0.2, -0.15) is 0 Å². The molecule has 5 heteroatoms. The second-order valence-corrected chi connectivity index (χ2v) is 7.68. The van der Waals surface area contributed by atoms with E-state index < -0.39 is 5.97 Å². The molecule has 0 saturated carbocycles. The molecule has 0 saturated heterocycles. The van der Waals surface area contributed by atoms with Crippen molar-refractivity contribution in [3.8, 4) is 0 Å². The van der Waals surface area contributed by atoms with Crippen LogP contribution in [0.25, 0.3) is 0 Å². The van der Waals surface area contributed by atoms with Gasteiger partial charge in [-0.1, -0.05) is 42.8 Å². The lowest BCUT2D eigenvalue weighted by atomic mass is 10.0. The van der Waals surface area contributed by atoms with E-state index in [1.54, 1.807) is 0 Å². The third-order valence-electron chi connectivity index (χ3n) is 4.42. The number of amides is 1. The van der Waals surface area contributed by atoms with Crippen molar-refractivity contribution in [1.82, 2.24) is 5.32 Å². The van der Waals surface area contributed by atoms with Gasteiger partial charge in [0.25, 0.3) is 5.91 Å². The number of hydrogen-bond donors (Lipinski definition) is 1. The van der Waals surface area contributed by atoms with Crippen LogP contribution >= 0.6 is 11.8 Å². The number of nitrogens with one attached hydrogen (secondary N) is 1. The highest BCUT2D eigenvalue weighted by atomic mass is 32.2. The van der Waals surface area contributed by atoms with E-state index >= 15 is 0 Å². The minimum atomic E-state index is -0.392. The average molecular weight is 386 g/mol. The minimum Gasteiger partial charge on any atom is -0.455 e. The second-order valence-electron chi connectivity index (χ2n) is 6.63. The molecular formula is C22H27NO3S. The molecular weight excluding hydrogens is 358 g/mol. The molecule has 0 heterocycles. The molecule has 0 bridgehead atoms. The van der Waals surface area contributed by atoms with E-state index in [1.165, 1.54) is 28.5 Å². The fraction of sp³-hybridized carbons (Fsp3) is 0.364. The molecule has 0 radical (unpaired) electrons. The average Bonchev–Trinajstić information content (AvgIpc) is 2.66. The number of thioether (sulfide) groups is 1. The smallest absolute Gasteiger partial charge is 0.316 e. The van der Waals surface area contributed by atoms with Gasteiger partial charge >= 0.3 is 5.97 Å². The van der Waals surface area contributed by atoms with Crippen LogP contribution in [-0.4, -0.2) is 24.2 Å². The van der Waals surface area contributed by atoms with E-state index in [9.17, 15) is 9.59 Å². The summed E-state index contributed by atoms with van der Waals surface area (Å²) >= 11 is 1.41. The summed E-state index contributed by atoms with van der Waals surface area (Å²) < 4.78 is 5.11. The van der Waals surface area contributed by atoms with Gasteiger partial charge in [-0.15, -0.1) is 11.8 Å². The molecule has 0 spiro atoms. The molecule has 0 fully saturated rings. The molecule has 0 aliphatic carbocycles. The van der Waals surface area contributed by atoms with E-state index in [1.807, 2.05) is 63.2 Å². The summed E-state index contributed by atoms with van der Waals surface area (Å²) in [6.45, 7) is 7.88. The van der Waals surface area contributed by atoms with Gasteiger partial charge in [0.1, 0.15) is 0 Å². The van der Waals surface area contributed by atoms with Crippen LogP contribution in [0.15, 0.2) is 47.4 Å². The Labute approximate surface area is 165 Å². The molecule has 2 rings (SSSR count). The van der Waals surface area contributed by atoms with Crippen molar-refractivity contribution in [2.24, 2.45) is 0 Å². The number of rotatable bonds is 8. The molecule has 1 N–H and O–H groups in total. The Morgan fingerprint density at radius 3 is 2.37 bits per heavy atom. The fourth-order valence-corrected chi connectivity index (χ4v) is 3.38. The standard InChI is InChI=1S/C22H27NO3S/c1-5-20(18-9-6-15(2)7-10-18)23-21(24)13-26-22(25)14-27-19-11-8-16(3)17(4)12-19/h6-12,20H,5,13-14H2,1-4H3,(H,23,24)/t20-/m0/s1. The Kier molecular flexibility index (Phi) is 7.92. The predicted molar refractivity (Wildman–Crippen MR) is 110 cm³/mol. The maximum absolute atomic E-state index is 12.1. The number of benzene rings is 2. The van der Waals surface area contributed by atoms with Gasteiger partial charge in [0.2, 0.25) is 0 Å². The third kappa shape index (κ3) is 6.75. The van der Waals surface area contributed by atoms with Crippen LogP contribution < -0.4 is 5.32 Å². The molecule has 4 nitrogen and oxygen atoms in total. The van der Waals surface area contributed by atoms with Gasteiger partial charge in [-0.05, 0) is 56.0 Å². The minimum absolute atomic E-state index is 0.0817. The first-order chi connectivity index (χ1) is 12.9. The van der Waals surface area contributed by atoms with Crippen molar-refractivity contribution >= 4 is 23.6 Å². The molecule has 144 valence electrons. The van der Waals surface area contributed by atoms with Gasteiger partial charge in [-0.3, -0.25) is 9.59 Å². The van der Waals surface area contributed by atoms with E-state index in [0.717, 1.165) is 16.9 Å². The van der Waals surface area contributed by atoms with Crippen LogP contribution in [0.5, 0.6) is 0 Å². The van der Waals surface area contributed by atoms with Crippen molar-refractivity contribution in [3.63, 3.8) is 0 Å². The lowest BCUT2D eigenvalue weighted by Crippen LogP contribution is -2.32. The van der Waals surface area contributed by atoms with Gasteiger partial charge in [0, 0.05) is 4.90 Å². The SMILES string of the molecule is CC[C@H](NC(=O)COC(=O)CSc1ccc(C)c(C)c1)c1ccc(C)cc1. The Balaban J connectivity index is 1.77. The van der Waals surface area contributed by atoms with Crippen LogP contribution in [0, 0.1) is 20.8 Å². The summed E-state index contributed by atoms with van der Waals surface area (Å²) in [5.74, 6) is -0.492. The van der Waals surface area contributed by atoms with E-state index in [2.05, 4.69) is 12.2 Å². The highest BCUT2D eigenvalue weighted by molar-refractivity contribution is 8.00. The molecule has 0 aliphatic heterocycles. The molecule has 0 aromatic heterocycles. The number of carbonyl (C=O) groups is 2. The zero-order chi connectivity index (χ0) is 19.8. The maximum atomic E-state index is 12.1. The Hall–Kier alpha value is -2.27. The van der Waals surface area contributed by atoms with Crippen molar-refractivity contribution in [1.29, 1.82) is 0 Å².